The molecule has 0 bridgehead atoms. The molecule has 0 aromatic carbocycles. The Hall–Kier alpha value is -0.280. The van der Waals surface area contributed by atoms with E-state index in [2.05, 4.69) is 12.2 Å². The predicted octanol–water partition coefficient (Wildman–Crippen LogP) is 3.01. The van der Waals surface area contributed by atoms with Crippen LogP contribution in [-0.2, 0) is 4.79 Å². The van der Waals surface area contributed by atoms with E-state index in [0.717, 1.165) is 38.1 Å². The van der Waals surface area contributed by atoms with Crippen molar-refractivity contribution in [3.8, 4) is 0 Å². The summed E-state index contributed by atoms with van der Waals surface area (Å²) >= 11 is 0. The van der Waals surface area contributed by atoms with E-state index in [-0.39, 0.29) is 18.3 Å². The number of carbonyl (C=O) groups is 1. The Balaban J connectivity index is 0.00000180. The molecule has 2 fully saturated rings. The van der Waals surface area contributed by atoms with Crippen LogP contribution < -0.4 is 11.1 Å². The molecule has 0 aromatic rings. The monoisotopic (exact) mass is 288 g/mol. The van der Waals surface area contributed by atoms with Crippen LogP contribution in [0.1, 0.15) is 64.7 Å². The Morgan fingerprint density at radius 2 is 1.74 bits per heavy atom. The van der Waals surface area contributed by atoms with Gasteiger partial charge in [0.2, 0.25) is 5.91 Å². The van der Waals surface area contributed by atoms with Crippen molar-refractivity contribution < 1.29 is 4.79 Å². The minimum absolute atomic E-state index is 0. The van der Waals surface area contributed by atoms with Crippen molar-refractivity contribution in [2.45, 2.75) is 70.3 Å². The van der Waals surface area contributed by atoms with Crippen LogP contribution in [0.3, 0.4) is 0 Å². The quantitative estimate of drug-likeness (QED) is 0.839. The summed E-state index contributed by atoms with van der Waals surface area (Å²) in [6.07, 6.45) is 10.3. The molecule has 112 valence electrons. The van der Waals surface area contributed by atoms with Crippen LogP contribution in [0.25, 0.3) is 0 Å². The van der Waals surface area contributed by atoms with E-state index in [9.17, 15) is 4.79 Å². The Labute approximate surface area is 123 Å². The smallest absolute Gasteiger partial charge is 0.240 e. The molecule has 0 unspecified atom stereocenters. The summed E-state index contributed by atoms with van der Waals surface area (Å²) in [7, 11) is 0. The number of hydrogen-bond donors (Lipinski definition) is 2. The number of nitrogens with two attached hydrogens (primary N) is 1. The first-order chi connectivity index (χ1) is 8.60. The fourth-order valence-corrected chi connectivity index (χ4v) is 3.36. The first-order valence-electron chi connectivity index (χ1n) is 7.67. The van der Waals surface area contributed by atoms with Crippen molar-refractivity contribution in [3.05, 3.63) is 0 Å². The van der Waals surface area contributed by atoms with Crippen LogP contribution in [0.2, 0.25) is 0 Å². The highest BCUT2D eigenvalue weighted by Gasteiger charge is 2.35. The molecule has 3 nitrogen and oxygen atoms in total. The number of rotatable bonds is 3. The van der Waals surface area contributed by atoms with E-state index in [1.54, 1.807) is 0 Å². The van der Waals surface area contributed by atoms with Gasteiger partial charge in [0.15, 0.2) is 0 Å². The van der Waals surface area contributed by atoms with Gasteiger partial charge in [-0.25, -0.2) is 0 Å². The van der Waals surface area contributed by atoms with E-state index in [1.165, 1.54) is 32.1 Å². The standard InChI is InChI=1S/C15H28N2O.ClH/c1-12-5-7-13(8-6-12)11-17-14(18)15(16)9-3-2-4-10-15;/h12-13H,2-11,16H2,1H3,(H,17,18);1H. The summed E-state index contributed by atoms with van der Waals surface area (Å²) in [6, 6.07) is 0. The zero-order valence-corrected chi connectivity index (χ0v) is 12.9. The Kier molecular flexibility index (Phi) is 6.61. The van der Waals surface area contributed by atoms with E-state index < -0.39 is 5.54 Å². The highest BCUT2D eigenvalue weighted by Crippen LogP contribution is 2.29. The van der Waals surface area contributed by atoms with E-state index in [4.69, 9.17) is 5.73 Å². The van der Waals surface area contributed by atoms with Crippen molar-refractivity contribution in [2.24, 2.45) is 17.6 Å². The van der Waals surface area contributed by atoms with Gasteiger partial charge < -0.3 is 11.1 Å². The van der Waals surface area contributed by atoms with E-state index >= 15 is 0 Å². The third-order valence-corrected chi connectivity index (χ3v) is 4.88. The maximum absolute atomic E-state index is 12.2. The fraction of sp³-hybridized carbons (Fsp3) is 0.933. The average molecular weight is 289 g/mol. The van der Waals surface area contributed by atoms with Crippen LogP contribution in [-0.4, -0.2) is 18.0 Å². The molecule has 0 radical (unpaired) electrons. The van der Waals surface area contributed by atoms with Crippen LogP contribution >= 0.6 is 12.4 Å². The largest absolute Gasteiger partial charge is 0.354 e. The van der Waals surface area contributed by atoms with Crippen LogP contribution in [0.15, 0.2) is 0 Å². The molecule has 0 heterocycles. The Bertz CT molecular complexity index is 282. The molecule has 3 N–H and O–H groups in total. The van der Waals surface area contributed by atoms with Gasteiger partial charge in [-0.1, -0.05) is 39.0 Å². The van der Waals surface area contributed by atoms with Crippen molar-refractivity contribution in [3.63, 3.8) is 0 Å². The van der Waals surface area contributed by atoms with Gasteiger partial charge in [-0.2, -0.15) is 0 Å². The fourth-order valence-electron chi connectivity index (χ4n) is 3.36. The molecule has 0 aliphatic heterocycles. The second-order valence-corrected chi connectivity index (χ2v) is 6.55. The minimum Gasteiger partial charge on any atom is -0.354 e. The highest BCUT2D eigenvalue weighted by atomic mass is 35.5. The number of amides is 1. The molecule has 19 heavy (non-hydrogen) atoms. The number of hydrogen-bond acceptors (Lipinski definition) is 2. The summed E-state index contributed by atoms with van der Waals surface area (Å²) in [5.74, 6) is 1.65. The summed E-state index contributed by atoms with van der Waals surface area (Å²) in [5, 5.41) is 3.11. The zero-order chi connectivity index (χ0) is 13.0. The lowest BCUT2D eigenvalue weighted by Crippen LogP contribution is -2.55. The summed E-state index contributed by atoms with van der Waals surface area (Å²) in [5.41, 5.74) is 5.66. The van der Waals surface area contributed by atoms with Crippen LogP contribution in [0.5, 0.6) is 0 Å². The molecule has 0 aromatic heterocycles. The van der Waals surface area contributed by atoms with Gasteiger partial charge in [0.1, 0.15) is 0 Å². The van der Waals surface area contributed by atoms with Crippen molar-refractivity contribution in [2.75, 3.05) is 6.54 Å². The zero-order valence-electron chi connectivity index (χ0n) is 12.1. The maximum atomic E-state index is 12.2. The molecule has 0 atom stereocenters. The second-order valence-electron chi connectivity index (χ2n) is 6.55. The van der Waals surface area contributed by atoms with Gasteiger partial charge in [-0.15, -0.1) is 12.4 Å². The lowest BCUT2D eigenvalue weighted by molar-refractivity contribution is -0.127. The Morgan fingerprint density at radius 3 is 2.32 bits per heavy atom. The van der Waals surface area contributed by atoms with Gasteiger partial charge in [-0.05, 0) is 37.5 Å². The van der Waals surface area contributed by atoms with Gasteiger partial charge in [0.05, 0.1) is 5.54 Å². The topological polar surface area (TPSA) is 55.1 Å². The van der Waals surface area contributed by atoms with E-state index in [0.29, 0.717) is 5.92 Å². The van der Waals surface area contributed by atoms with Gasteiger partial charge in [0.25, 0.3) is 0 Å². The minimum atomic E-state index is -0.569. The van der Waals surface area contributed by atoms with Gasteiger partial charge in [-0.3, -0.25) is 4.79 Å². The molecule has 0 saturated heterocycles. The Morgan fingerprint density at radius 1 is 1.16 bits per heavy atom. The van der Waals surface area contributed by atoms with Crippen molar-refractivity contribution in [1.82, 2.24) is 5.32 Å². The molecule has 4 heteroatoms. The molecule has 2 aliphatic rings. The lowest BCUT2D eigenvalue weighted by Gasteiger charge is -2.33. The van der Waals surface area contributed by atoms with E-state index in [1.807, 2.05) is 0 Å². The molecule has 2 aliphatic carbocycles. The lowest BCUT2D eigenvalue weighted by atomic mass is 9.81. The second kappa shape index (κ2) is 7.49. The van der Waals surface area contributed by atoms with Crippen LogP contribution in [0, 0.1) is 11.8 Å². The first-order valence-corrected chi connectivity index (χ1v) is 7.67. The number of halogens is 1. The average Bonchev–Trinajstić information content (AvgIpc) is 2.38. The van der Waals surface area contributed by atoms with Gasteiger partial charge >= 0.3 is 0 Å². The summed E-state index contributed by atoms with van der Waals surface area (Å²) in [4.78, 5) is 12.2. The SMILES string of the molecule is CC1CCC(CNC(=O)C2(N)CCCCC2)CC1.Cl. The summed E-state index contributed by atoms with van der Waals surface area (Å²) < 4.78 is 0. The number of nitrogens with one attached hydrogen (secondary N) is 1. The maximum Gasteiger partial charge on any atom is 0.240 e. The van der Waals surface area contributed by atoms with Crippen molar-refractivity contribution in [1.29, 1.82) is 0 Å². The van der Waals surface area contributed by atoms with Crippen molar-refractivity contribution >= 4 is 18.3 Å². The van der Waals surface area contributed by atoms with Gasteiger partial charge in [0, 0.05) is 6.54 Å². The third-order valence-electron chi connectivity index (χ3n) is 4.88. The molecular weight excluding hydrogens is 260 g/mol. The molecule has 1 amide bonds. The molecule has 2 saturated carbocycles. The molecule has 0 spiro atoms. The first kappa shape index (κ1) is 16.8. The highest BCUT2D eigenvalue weighted by molar-refractivity contribution is 5.86. The molecular formula is C15H29ClN2O. The summed E-state index contributed by atoms with van der Waals surface area (Å²) in [6.45, 7) is 3.16. The van der Waals surface area contributed by atoms with Crippen LogP contribution in [0.4, 0.5) is 0 Å². The number of carbonyl (C=O) groups excluding carboxylic acids is 1. The molecule has 2 rings (SSSR count). The predicted molar refractivity (Wildman–Crippen MR) is 81.4 cm³/mol. The normalized spacial score (nSPS) is 30.2. The third kappa shape index (κ3) is 4.64.